The minimum absolute atomic E-state index is 0. The number of amides is 1. The molecule has 0 atom stereocenters. The number of hydrogen-bond acceptors (Lipinski definition) is 16. The average Bonchev–Trinajstić information content (AvgIpc) is 4.05. The molecule has 69 heavy (non-hydrogen) atoms. The lowest BCUT2D eigenvalue weighted by Gasteiger charge is -2.29. The third-order valence-electron chi connectivity index (χ3n) is 11.7. The molecule has 1 fully saturated rings. The third kappa shape index (κ3) is 11.0. The average molecular weight is 933 g/mol. The van der Waals surface area contributed by atoms with Crippen molar-refractivity contribution in [2.75, 3.05) is 45.6 Å². The van der Waals surface area contributed by atoms with Crippen LogP contribution in [-0.2, 0) is 15.6 Å². The van der Waals surface area contributed by atoms with Gasteiger partial charge in [0, 0.05) is 79.7 Å². The standard InChI is InChI=1S/C27H30N6O2.C25H24N8O.5H2/c1-18-25(23-16-21(32-35-23)19-9-7-6-8-10-19)31-22(17-30-18)20-11-12-28-24(15-20)27(2,3)26(34)29-13-14-33(4)5;1-15-22(31-20(13-29-15)16-7-8-28-21(10-16)25(2,3)14-26)24-33-32-23(34-24)17-5-4-6-18(9-17)30-19-11-27-12-19;;;;;/h6-12,15-17H,13-14H2,1-5H3,(H,29,34);4-10,13,19,27,30H,11-12H2,1-3H3;5*1H. The summed E-state index contributed by atoms with van der Waals surface area (Å²) in [5, 5.41) is 31.9. The van der Waals surface area contributed by atoms with E-state index in [1.165, 1.54) is 0 Å². The summed E-state index contributed by atoms with van der Waals surface area (Å²) in [4.78, 5) is 42.4. The van der Waals surface area contributed by atoms with E-state index in [4.69, 9.17) is 18.9 Å². The number of carbonyl (C=O) groups excluding carboxylic acids is 1. The molecule has 0 spiro atoms. The summed E-state index contributed by atoms with van der Waals surface area (Å²) in [7, 11) is 3.95. The number of carbonyl (C=O) groups is 1. The number of anilines is 1. The van der Waals surface area contributed by atoms with E-state index in [0.717, 1.165) is 59.0 Å². The normalized spacial score (nSPS) is 12.7. The molecule has 0 unspecified atom stereocenters. The molecule has 1 saturated heterocycles. The van der Waals surface area contributed by atoms with Gasteiger partial charge < -0.3 is 29.8 Å². The number of benzene rings is 2. The number of nitrogens with one attached hydrogen (secondary N) is 3. The molecule has 0 aliphatic carbocycles. The minimum Gasteiger partial charge on any atom is -0.415 e. The zero-order valence-electron chi connectivity index (χ0n) is 39.9. The first-order valence-corrected chi connectivity index (χ1v) is 22.6. The molecule has 7 heterocycles. The zero-order chi connectivity index (χ0) is 48.7. The Hall–Kier alpha value is -8.07. The Bertz CT molecular complexity index is 3140. The van der Waals surface area contributed by atoms with Crippen molar-refractivity contribution in [2.45, 2.75) is 58.4 Å². The summed E-state index contributed by atoms with van der Waals surface area (Å²) >= 11 is 0. The van der Waals surface area contributed by atoms with Gasteiger partial charge in [0.1, 0.15) is 17.1 Å². The summed E-state index contributed by atoms with van der Waals surface area (Å²) < 4.78 is 11.6. The maximum absolute atomic E-state index is 12.9. The fourth-order valence-electron chi connectivity index (χ4n) is 7.20. The van der Waals surface area contributed by atoms with Crippen LogP contribution in [0, 0.1) is 25.2 Å². The van der Waals surface area contributed by atoms with E-state index in [9.17, 15) is 10.1 Å². The molecule has 0 saturated carbocycles. The predicted molar refractivity (Wildman–Crippen MR) is 274 cm³/mol. The highest BCUT2D eigenvalue weighted by Gasteiger charge is 2.32. The number of rotatable bonds is 14. The smallest absolute Gasteiger partial charge is 0.268 e. The Morgan fingerprint density at radius 1 is 0.768 bits per heavy atom. The third-order valence-corrected chi connectivity index (χ3v) is 11.7. The molecule has 17 nitrogen and oxygen atoms in total. The quantitative estimate of drug-likeness (QED) is 0.0925. The monoisotopic (exact) mass is 933 g/mol. The van der Waals surface area contributed by atoms with Crippen LogP contribution in [0.5, 0.6) is 0 Å². The highest BCUT2D eigenvalue weighted by atomic mass is 16.5. The Labute approximate surface area is 408 Å². The fourth-order valence-corrected chi connectivity index (χ4v) is 7.20. The summed E-state index contributed by atoms with van der Waals surface area (Å²) in [6.07, 6.45) is 6.79. The van der Waals surface area contributed by atoms with Crippen molar-refractivity contribution in [1.29, 1.82) is 5.26 Å². The largest absolute Gasteiger partial charge is 0.415 e. The number of nitriles is 1. The predicted octanol–water partition coefficient (Wildman–Crippen LogP) is 9.10. The van der Waals surface area contributed by atoms with Gasteiger partial charge in [0.15, 0.2) is 5.76 Å². The van der Waals surface area contributed by atoms with Crippen molar-refractivity contribution in [3.63, 3.8) is 0 Å². The molecule has 6 aromatic heterocycles. The van der Waals surface area contributed by atoms with Crippen LogP contribution in [0.4, 0.5) is 5.69 Å². The number of pyridine rings is 2. The topological polar surface area (TPSA) is 222 Å². The van der Waals surface area contributed by atoms with Crippen LogP contribution in [0.1, 0.15) is 57.6 Å². The van der Waals surface area contributed by atoms with E-state index in [0.29, 0.717) is 70.0 Å². The fraction of sp³-hybridized carbons (Fsp3) is 0.288. The summed E-state index contributed by atoms with van der Waals surface area (Å²) in [5.74, 6) is 1.19. The van der Waals surface area contributed by atoms with E-state index in [1.807, 2.05) is 145 Å². The van der Waals surface area contributed by atoms with Crippen LogP contribution in [0.3, 0.4) is 0 Å². The molecular formula is C52H64N14O3. The molecule has 1 aliphatic heterocycles. The highest BCUT2D eigenvalue weighted by molar-refractivity contribution is 5.87. The van der Waals surface area contributed by atoms with Crippen LogP contribution in [0.25, 0.3) is 68.3 Å². The van der Waals surface area contributed by atoms with Crippen molar-refractivity contribution in [3.05, 3.63) is 132 Å². The van der Waals surface area contributed by atoms with Gasteiger partial charge in [0.05, 0.1) is 69.5 Å². The van der Waals surface area contributed by atoms with E-state index in [-0.39, 0.29) is 13.0 Å². The molecule has 1 aliphatic rings. The van der Waals surface area contributed by atoms with Crippen LogP contribution < -0.4 is 16.0 Å². The van der Waals surface area contributed by atoms with E-state index in [1.54, 1.807) is 24.8 Å². The van der Waals surface area contributed by atoms with Crippen molar-refractivity contribution in [1.82, 2.24) is 60.8 Å². The number of aromatic nitrogens is 9. The molecule has 0 radical (unpaired) electrons. The lowest BCUT2D eigenvalue weighted by Crippen LogP contribution is -2.51. The first-order valence-electron chi connectivity index (χ1n) is 22.6. The molecule has 0 bridgehead atoms. The molecule has 8 aromatic rings. The lowest BCUT2D eigenvalue weighted by molar-refractivity contribution is -0.125. The first-order chi connectivity index (χ1) is 33.2. The molecule has 2 aromatic carbocycles. The second-order valence-corrected chi connectivity index (χ2v) is 18.1. The number of likely N-dealkylation sites (N-methyl/N-ethyl adjacent to an activating group) is 1. The molecule has 9 rings (SSSR count). The van der Waals surface area contributed by atoms with Gasteiger partial charge in [-0.3, -0.25) is 24.7 Å². The maximum Gasteiger partial charge on any atom is 0.268 e. The first kappa shape index (κ1) is 47.4. The highest BCUT2D eigenvalue weighted by Crippen LogP contribution is 2.32. The van der Waals surface area contributed by atoms with Crippen molar-refractivity contribution in [2.24, 2.45) is 0 Å². The lowest BCUT2D eigenvalue weighted by atomic mass is 9.86. The number of aryl methyl sites for hydroxylation is 2. The Kier molecular flexibility index (Phi) is 14.0. The van der Waals surface area contributed by atoms with Gasteiger partial charge in [-0.25, -0.2) is 9.97 Å². The molecule has 17 heteroatoms. The van der Waals surface area contributed by atoms with E-state index in [2.05, 4.69) is 57.3 Å². The molecular weight excluding hydrogens is 869 g/mol. The van der Waals surface area contributed by atoms with Crippen LogP contribution in [0.15, 0.2) is 119 Å². The summed E-state index contributed by atoms with van der Waals surface area (Å²) in [5.41, 5.74) is 8.84. The van der Waals surface area contributed by atoms with Crippen molar-refractivity contribution >= 4 is 11.6 Å². The number of hydrogen-bond donors (Lipinski definition) is 3. The molecule has 360 valence electrons. The van der Waals surface area contributed by atoms with Crippen molar-refractivity contribution in [3.8, 4) is 74.3 Å². The summed E-state index contributed by atoms with van der Waals surface area (Å²) in [6.45, 7) is 14.4. The second kappa shape index (κ2) is 20.4. The second-order valence-electron chi connectivity index (χ2n) is 18.1. The van der Waals surface area contributed by atoms with E-state index >= 15 is 0 Å². The van der Waals surface area contributed by atoms with Crippen LogP contribution >= 0.6 is 0 Å². The van der Waals surface area contributed by atoms with E-state index < -0.39 is 10.8 Å². The van der Waals surface area contributed by atoms with Gasteiger partial charge in [-0.1, -0.05) is 41.6 Å². The number of nitrogens with zero attached hydrogens (tertiary/aromatic N) is 11. The molecule has 1 amide bonds. The van der Waals surface area contributed by atoms with Gasteiger partial charge in [-0.15, -0.1) is 10.2 Å². The van der Waals surface area contributed by atoms with Crippen LogP contribution in [0.2, 0.25) is 0 Å². The van der Waals surface area contributed by atoms with Gasteiger partial charge in [-0.2, -0.15) is 5.26 Å². The molecule has 3 N–H and O–H groups in total. The van der Waals surface area contributed by atoms with Gasteiger partial charge in [-0.05, 0) is 98.1 Å². The minimum atomic E-state index is -0.807. The van der Waals surface area contributed by atoms with Crippen LogP contribution in [-0.4, -0.2) is 102 Å². The Balaban J connectivity index is 0.000000366. The van der Waals surface area contributed by atoms with Gasteiger partial charge in [0.25, 0.3) is 5.89 Å². The SMILES string of the molecule is Cc1ncc(-c2ccnc(C(C)(C)C#N)c2)nc1-c1nnc(-c2cccc(NC3CNC3)c2)o1.Cc1ncc(-c2ccnc(C(C)(C)C(=O)NCCN(C)C)c2)nc1-c1cc(-c2ccccc2)no1.[HH].[HH].[HH].[HH].[HH]. The van der Waals surface area contributed by atoms with Gasteiger partial charge >= 0.3 is 0 Å². The maximum atomic E-state index is 12.9. The Morgan fingerprint density at radius 2 is 1.41 bits per heavy atom. The zero-order valence-corrected chi connectivity index (χ0v) is 39.9. The Morgan fingerprint density at radius 3 is 2.07 bits per heavy atom. The van der Waals surface area contributed by atoms with Gasteiger partial charge in [0.2, 0.25) is 11.8 Å². The summed E-state index contributed by atoms with van der Waals surface area (Å²) in [6, 6.07) is 29.8. The van der Waals surface area contributed by atoms with Crippen molar-refractivity contribution < 1.29 is 20.9 Å².